The number of hydrogen-bond acceptors (Lipinski definition) is 5. The SMILES string of the molecule is CCOC(=O)Oc1cc(O)c(-c2c[nH]c(=S)[nH]2)cc1C(C)C. The minimum absolute atomic E-state index is 0.0195. The van der Waals surface area contributed by atoms with Crippen molar-refractivity contribution in [2.24, 2.45) is 0 Å². The van der Waals surface area contributed by atoms with Gasteiger partial charge in [0.05, 0.1) is 12.3 Å². The minimum atomic E-state index is -0.794. The van der Waals surface area contributed by atoms with Gasteiger partial charge in [-0.25, -0.2) is 4.79 Å². The number of rotatable bonds is 4. The van der Waals surface area contributed by atoms with Crippen molar-refractivity contribution in [1.82, 2.24) is 9.97 Å². The first-order valence-corrected chi connectivity index (χ1v) is 7.32. The van der Waals surface area contributed by atoms with E-state index >= 15 is 0 Å². The van der Waals surface area contributed by atoms with Crippen LogP contribution < -0.4 is 4.74 Å². The van der Waals surface area contributed by atoms with Crippen LogP contribution in [-0.4, -0.2) is 27.8 Å². The van der Waals surface area contributed by atoms with Crippen molar-refractivity contribution in [2.45, 2.75) is 26.7 Å². The largest absolute Gasteiger partial charge is 0.513 e. The molecule has 0 radical (unpaired) electrons. The van der Waals surface area contributed by atoms with Gasteiger partial charge in [0, 0.05) is 17.8 Å². The molecule has 0 fully saturated rings. The molecule has 7 heteroatoms. The maximum atomic E-state index is 11.5. The molecule has 0 saturated heterocycles. The van der Waals surface area contributed by atoms with Crippen LogP contribution in [0.25, 0.3) is 11.3 Å². The van der Waals surface area contributed by atoms with Crippen LogP contribution in [0.4, 0.5) is 4.79 Å². The summed E-state index contributed by atoms with van der Waals surface area (Å²) >= 11 is 4.99. The summed E-state index contributed by atoms with van der Waals surface area (Å²) in [5.74, 6) is 0.350. The Kier molecular flexibility index (Phi) is 4.87. The van der Waals surface area contributed by atoms with Crippen molar-refractivity contribution in [2.75, 3.05) is 6.61 Å². The van der Waals surface area contributed by atoms with Crippen molar-refractivity contribution in [3.8, 4) is 22.8 Å². The van der Waals surface area contributed by atoms with Gasteiger partial charge >= 0.3 is 6.16 Å². The summed E-state index contributed by atoms with van der Waals surface area (Å²) in [6.07, 6.45) is 0.880. The van der Waals surface area contributed by atoms with Crippen LogP contribution in [0, 0.1) is 4.77 Å². The molecule has 118 valence electrons. The smallest absolute Gasteiger partial charge is 0.507 e. The van der Waals surface area contributed by atoms with Gasteiger partial charge in [-0.15, -0.1) is 0 Å². The van der Waals surface area contributed by atoms with Crippen molar-refractivity contribution >= 4 is 18.4 Å². The number of phenolic OH excluding ortho intramolecular Hbond substituents is 1. The van der Waals surface area contributed by atoms with E-state index in [1.807, 2.05) is 13.8 Å². The Labute approximate surface area is 133 Å². The topological polar surface area (TPSA) is 87.3 Å². The van der Waals surface area contributed by atoms with Gasteiger partial charge in [-0.1, -0.05) is 13.8 Å². The number of carbonyl (C=O) groups is 1. The fraction of sp³-hybridized carbons (Fsp3) is 0.333. The maximum Gasteiger partial charge on any atom is 0.513 e. The van der Waals surface area contributed by atoms with Crippen LogP contribution in [0.1, 0.15) is 32.3 Å². The van der Waals surface area contributed by atoms with Gasteiger partial charge in [0.15, 0.2) is 4.77 Å². The molecule has 0 saturated carbocycles. The van der Waals surface area contributed by atoms with Crippen molar-refractivity contribution in [3.05, 3.63) is 28.7 Å². The second kappa shape index (κ2) is 6.65. The molecule has 1 aromatic carbocycles. The summed E-state index contributed by atoms with van der Waals surface area (Å²) < 4.78 is 10.4. The molecule has 22 heavy (non-hydrogen) atoms. The Morgan fingerprint density at radius 2 is 2.14 bits per heavy atom. The number of carbonyl (C=O) groups excluding carboxylic acids is 1. The monoisotopic (exact) mass is 322 g/mol. The minimum Gasteiger partial charge on any atom is -0.507 e. The maximum absolute atomic E-state index is 11.5. The van der Waals surface area contributed by atoms with Gasteiger partial charge in [-0.05, 0) is 36.7 Å². The van der Waals surface area contributed by atoms with Gasteiger partial charge in [-0.2, -0.15) is 0 Å². The Morgan fingerprint density at radius 3 is 2.68 bits per heavy atom. The lowest BCUT2D eigenvalue weighted by Crippen LogP contribution is -2.11. The first kappa shape index (κ1) is 16.1. The molecule has 0 aliphatic heterocycles. The lowest BCUT2D eigenvalue weighted by atomic mass is 9.98. The lowest BCUT2D eigenvalue weighted by molar-refractivity contribution is 0.104. The van der Waals surface area contributed by atoms with E-state index in [-0.39, 0.29) is 24.0 Å². The highest BCUT2D eigenvalue weighted by Crippen LogP contribution is 2.37. The van der Waals surface area contributed by atoms with Crippen LogP contribution in [0.15, 0.2) is 18.3 Å². The Hall–Kier alpha value is -2.28. The molecule has 6 nitrogen and oxygen atoms in total. The summed E-state index contributed by atoms with van der Waals surface area (Å²) in [4.78, 5) is 17.3. The van der Waals surface area contributed by atoms with E-state index in [1.165, 1.54) is 6.07 Å². The number of ether oxygens (including phenoxy) is 2. The number of benzene rings is 1. The lowest BCUT2D eigenvalue weighted by Gasteiger charge is -2.15. The van der Waals surface area contributed by atoms with E-state index < -0.39 is 6.16 Å². The highest BCUT2D eigenvalue weighted by atomic mass is 32.1. The van der Waals surface area contributed by atoms with Gasteiger partial charge in [0.2, 0.25) is 0 Å². The molecule has 3 N–H and O–H groups in total. The number of aromatic hydroxyl groups is 1. The number of aromatic amines is 2. The highest BCUT2D eigenvalue weighted by Gasteiger charge is 2.18. The van der Waals surface area contributed by atoms with Gasteiger partial charge in [0.25, 0.3) is 0 Å². The Morgan fingerprint density at radius 1 is 1.41 bits per heavy atom. The summed E-state index contributed by atoms with van der Waals surface area (Å²) in [6, 6.07) is 3.18. The van der Waals surface area contributed by atoms with E-state index in [0.29, 0.717) is 16.0 Å². The fourth-order valence-corrected chi connectivity index (χ4v) is 2.22. The molecule has 0 unspecified atom stereocenters. The normalized spacial score (nSPS) is 10.7. The van der Waals surface area contributed by atoms with Crippen LogP contribution in [0.5, 0.6) is 11.5 Å². The predicted octanol–water partition coefficient (Wildman–Crippen LogP) is 4.10. The summed E-state index contributed by atoms with van der Waals surface area (Å²) in [6.45, 7) is 5.85. The van der Waals surface area contributed by atoms with Gasteiger partial charge in [-0.3, -0.25) is 0 Å². The van der Waals surface area contributed by atoms with Gasteiger partial charge in [0.1, 0.15) is 11.5 Å². The number of aromatic nitrogens is 2. The Balaban J connectivity index is 2.46. The molecule has 1 aromatic heterocycles. The third-order valence-corrected chi connectivity index (χ3v) is 3.31. The van der Waals surface area contributed by atoms with E-state index in [1.54, 1.807) is 19.2 Å². The third-order valence-electron chi connectivity index (χ3n) is 3.09. The average Bonchev–Trinajstić information content (AvgIpc) is 2.85. The number of imidazole rings is 1. The van der Waals surface area contributed by atoms with Crippen LogP contribution in [0.3, 0.4) is 0 Å². The van der Waals surface area contributed by atoms with E-state index in [0.717, 1.165) is 5.56 Å². The summed E-state index contributed by atoms with van der Waals surface area (Å²) in [7, 11) is 0. The Bertz CT molecular complexity index is 733. The van der Waals surface area contributed by atoms with E-state index in [4.69, 9.17) is 21.7 Å². The number of nitrogens with one attached hydrogen (secondary N) is 2. The fourth-order valence-electron chi connectivity index (χ4n) is 2.06. The molecular weight excluding hydrogens is 304 g/mol. The molecule has 0 atom stereocenters. The first-order valence-electron chi connectivity index (χ1n) is 6.92. The number of phenols is 1. The predicted molar refractivity (Wildman–Crippen MR) is 84.8 cm³/mol. The zero-order valence-electron chi connectivity index (χ0n) is 12.6. The van der Waals surface area contributed by atoms with Crippen molar-refractivity contribution < 1.29 is 19.4 Å². The highest BCUT2D eigenvalue weighted by molar-refractivity contribution is 7.71. The standard InChI is InChI=1S/C15H18N2O4S/c1-4-20-15(19)21-13-6-12(18)10(5-9(13)8(2)3)11-7-16-14(22)17-11/h5-8,18H,4H2,1-3H3,(H2,16,17,22). The van der Waals surface area contributed by atoms with Crippen LogP contribution in [-0.2, 0) is 4.74 Å². The summed E-state index contributed by atoms with van der Waals surface area (Å²) in [5.41, 5.74) is 2.01. The third kappa shape index (κ3) is 3.48. The molecule has 0 amide bonds. The number of hydrogen-bond donors (Lipinski definition) is 3. The second-order valence-electron chi connectivity index (χ2n) is 5.00. The summed E-state index contributed by atoms with van der Waals surface area (Å²) in [5, 5.41) is 10.2. The first-order chi connectivity index (χ1) is 10.4. The molecule has 0 aliphatic rings. The van der Waals surface area contributed by atoms with Crippen LogP contribution in [0.2, 0.25) is 0 Å². The zero-order valence-corrected chi connectivity index (χ0v) is 13.4. The van der Waals surface area contributed by atoms with Crippen molar-refractivity contribution in [3.63, 3.8) is 0 Å². The van der Waals surface area contributed by atoms with E-state index in [2.05, 4.69) is 9.97 Å². The van der Waals surface area contributed by atoms with Crippen LogP contribution >= 0.6 is 12.2 Å². The average molecular weight is 322 g/mol. The molecule has 2 rings (SSSR count). The number of H-pyrrole nitrogens is 2. The zero-order chi connectivity index (χ0) is 16.3. The molecule has 0 aliphatic carbocycles. The molecule has 0 spiro atoms. The molecular formula is C15H18N2O4S. The van der Waals surface area contributed by atoms with Crippen molar-refractivity contribution in [1.29, 1.82) is 0 Å². The molecule has 1 heterocycles. The quantitative estimate of drug-likeness (QED) is 0.448. The van der Waals surface area contributed by atoms with E-state index in [9.17, 15) is 9.90 Å². The second-order valence-corrected chi connectivity index (χ2v) is 5.41. The molecule has 2 aromatic rings. The van der Waals surface area contributed by atoms with Gasteiger partial charge < -0.3 is 24.5 Å². The molecule has 0 bridgehead atoms.